The number of ether oxygens (including phenoxy) is 3. The highest BCUT2D eigenvalue weighted by atomic mass is 16.6. The molecule has 0 saturated carbocycles. The Morgan fingerprint density at radius 2 is 1.36 bits per heavy atom. The van der Waals surface area contributed by atoms with Crippen LogP contribution in [-0.4, -0.2) is 137 Å². The first kappa shape index (κ1) is 31.8. The second-order valence-corrected chi connectivity index (χ2v) is 9.96. The molecule has 6 rings (SSSR count). The van der Waals surface area contributed by atoms with Gasteiger partial charge in [0.25, 0.3) is 0 Å². The summed E-state index contributed by atoms with van der Waals surface area (Å²) in [6.07, 6.45) is -4.57. The summed E-state index contributed by atoms with van der Waals surface area (Å²) in [6, 6.07) is 0. The Labute approximate surface area is 251 Å². The Bertz CT molecular complexity index is 1670. The van der Waals surface area contributed by atoms with Crippen LogP contribution in [0, 0.1) is 0 Å². The summed E-state index contributed by atoms with van der Waals surface area (Å²) in [6.45, 7) is -0.751. The molecule has 242 valence electrons. The zero-order chi connectivity index (χ0) is 32.4. The number of nitrogens with zero attached hydrogens (tertiary/aromatic N) is 8. The van der Waals surface area contributed by atoms with Crippen LogP contribution in [0.25, 0.3) is 22.3 Å². The minimum absolute atomic E-state index is 0.0985. The number of aromatic hydroxyl groups is 1. The van der Waals surface area contributed by atoms with Crippen LogP contribution in [0.3, 0.4) is 0 Å². The Morgan fingerprint density at radius 1 is 0.800 bits per heavy atom. The van der Waals surface area contributed by atoms with Gasteiger partial charge < -0.3 is 55.7 Å². The summed E-state index contributed by atoms with van der Waals surface area (Å²) in [5.41, 5.74) is 6.73. The van der Waals surface area contributed by atoms with Crippen LogP contribution >= 0.6 is 0 Å². The maximum absolute atomic E-state index is 11.5. The predicted molar refractivity (Wildman–Crippen MR) is 143 cm³/mol. The number of aliphatic carboxylic acids is 1. The summed E-state index contributed by atoms with van der Waals surface area (Å²) in [4.78, 5) is 45.3. The number of rotatable bonds is 8. The molecule has 2 aliphatic rings. The highest BCUT2D eigenvalue weighted by Gasteiger charge is 2.45. The van der Waals surface area contributed by atoms with E-state index in [4.69, 9.17) is 30.2 Å². The van der Waals surface area contributed by atoms with Gasteiger partial charge in [-0.15, -0.1) is 0 Å². The van der Waals surface area contributed by atoms with Crippen LogP contribution in [-0.2, 0) is 23.8 Å². The summed E-state index contributed by atoms with van der Waals surface area (Å²) in [5, 5.41) is 67.2. The van der Waals surface area contributed by atoms with Gasteiger partial charge in [0.2, 0.25) is 5.88 Å². The molecule has 4 aromatic rings. The molecule has 4 aromatic heterocycles. The number of carboxylic acids is 1. The summed E-state index contributed by atoms with van der Waals surface area (Å²) < 4.78 is 18.6. The van der Waals surface area contributed by atoms with Crippen molar-refractivity contribution < 1.29 is 59.5 Å². The lowest BCUT2D eigenvalue weighted by Gasteiger charge is -2.16. The van der Waals surface area contributed by atoms with E-state index in [2.05, 4.69) is 29.9 Å². The fourth-order valence-electron chi connectivity index (χ4n) is 4.74. The van der Waals surface area contributed by atoms with Crippen molar-refractivity contribution in [1.82, 2.24) is 39.0 Å². The highest BCUT2D eigenvalue weighted by Crippen LogP contribution is 2.33. The molecule has 2 saturated heterocycles. The van der Waals surface area contributed by atoms with Gasteiger partial charge in [0, 0.05) is 0 Å². The van der Waals surface area contributed by atoms with Crippen molar-refractivity contribution in [3.63, 3.8) is 0 Å². The number of fused-ring (bicyclic) bond motifs is 2. The number of esters is 1. The van der Waals surface area contributed by atoms with Crippen LogP contribution < -0.4 is 5.73 Å². The maximum atomic E-state index is 11.5. The van der Waals surface area contributed by atoms with E-state index in [1.54, 1.807) is 0 Å². The molecule has 0 radical (unpaired) electrons. The largest absolute Gasteiger partial charge is 0.492 e. The molecule has 6 heterocycles. The first-order valence-electron chi connectivity index (χ1n) is 13.3. The van der Waals surface area contributed by atoms with E-state index in [0.29, 0.717) is 11.2 Å². The lowest BCUT2D eigenvalue weighted by atomic mass is 10.1. The van der Waals surface area contributed by atoms with Crippen molar-refractivity contribution >= 4 is 40.1 Å². The van der Waals surface area contributed by atoms with Crippen LogP contribution in [0.4, 0.5) is 5.82 Å². The topological polar surface area (TPSA) is 317 Å². The average molecular weight is 636 g/mol. The molecule has 2 fully saturated rings. The number of carbonyl (C=O) groups is 2. The SMILES string of the molecule is Nc1ncnc2c1ncn2[C@@H]1O[C@H](CO)[C@@H](O)[C@H]1O.O=C(O)CCC(=O)OC[C@H]1O[C@@H](n2cnc3c(O)ncnc32)[C@H](O)[C@@H]1O. The molecule has 0 spiro atoms. The molecule has 0 aromatic carbocycles. The zero-order valence-corrected chi connectivity index (χ0v) is 23.1. The number of hydrogen-bond acceptors (Lipinski definition) is 18. The van der Waals surface area contributed by atoms with Crippen molar-refractivity contribution in [1.29, 1.82) is 0 Å². The van der Waals surface area contributed by atoms with E-state index in [9.17, 15) is 35.1 Å². The quantitative estimate of drug-likeness (QED) is 0.0873. The summed E-state index contributed by atoms with van der Waals surface area (Å²) >= 11 is 0. The molecule has 0 bridgehead atoms. The van der Waals surface area contributed by atoms with Gasteiger partial charge in [-0.05, 0) is 0 Å². The first-order valence-corrected chi connectivity index (χ1v) is 13.3. The molecular formula is C24H29N9O12. The van der Waals surface area contributed by atoms with E-state index >= 15 is 0 Å². The van der Waals surface area contributed by atoms with Crippen molar-refractivity contribution in [3.05, 3.63) is 25.3 Å². The fourth-order valence-corrected chi connectivity index (χ4v) is 4.74. The molecule has 45 heavy (non-hydrogen) atoms. The molecule has 0 unspecified atom stereocenters. The second-order valence-electron chi connectivity index (χ2n) is 9.96. The van der Waals surface area contributed by atoms with Gasteiger partial charge in [-0.1, -0.05) is 0 Å². The van der Waals surface area contributed by atoms with Gasteiger partial charge in [-0.3, -0.25) is 18.7 Å². The van der Waals surface area contributed by atoms with E-state index in [0.717, 1.165) is 6.33 Å². The molecule has 21 nitrogen and oxygen atoms in total. The monoisotopic (exact) mass is 635 g/mol. The number of aliphatic hydroxyl groups excluding tert-OH is 5. The second kappa shape index (κ2) is 13.2. The Kier molecular flexibility index (Phi) is 9.29. The third kappa shape index (κ3) is 6.30. The van der Waals surface area contributed by atoms with Crippen LogP contribution in [0.1, 0.15) is 25.3 Å². The van der Waals surface area contributed by atoms with Crippen molar-refractivity contribution in [2.75, 3.05) is 18.9 Å². The van der Waals surface area contributed by atoms with Gasteiger partial charge in [0.15, 0.2) is 35.1 Å². The third-order valence-corrected chi connectivity index (χ3v) is 7.08. The normalized spacial score (nSPS) is 27.8. The molecular weight excluding hydrogens is 606 g/mol. The Morgan fingerprint density at radius 3 is 1.96 bits per heavy atom. The van der Waals surface area contributed by atoms with Crippen molar-refractivity contribution in [3.8, 4) is 5.88 Å². The number of carboxylic acid groups (broad SMARTS) is 1. The standard InChI is InChI=1S/C14H16N4O8.C10H13N5O4/c19-7(20)1-2-8(21)25-3-6-10(22)11(23)14(26-6)18-5-17-9-12(18)15-4-16-13(9)24;11-8-5-9(13-2-12-8)15(3-14-5)10-7(18)6(17)4(1-16)19-10/h4-6,10-11,14,22-23H,1-3H2,(H,19,20)(H,15,16,24);2-4,6-7,10,16-18H,1H2,(H2,11,12,13)/t6-,10-,11-,14-;4-,6-,7-,10-/m11/s1. The lowest BCUT2D eigenvalue weighted by Crippen LogP contribution is -2.34. The number of hydrogen-bond donors (Lipinski definition) is 8. The number of carbonyl (C=O) groups excluding carboxylic acids is 1. The number of aromatic nitrogens is 8. The number of anilines is 1. The van der Waals surface area contributed by atoms with Crippen molar-refractivity contribution in [2.45, 2.75) is 61.9 Å². The fraction of sp³-hybridized carbons (Fsp3) is 0.500. The minimum atomic E-state index is -1.37. The molecule has 9 N–H and O–H groups in total. The van der Waals surface area contributed by atoms with Crippen LogP contribution in [0.2, 0.25) is 0 Å². The van der Waals surface area contributed by atoms with Gasteiger partial charge in [-0.2, -0.15) is 4.98 Å². The van der Waals surface area contributed by atoms with Gasteiger partial charge in [0.05, 0.1) is 32.1 Å². The molecule has 0 amide bonds. The number of aliphatic hydroxyl groups is 5. The first-order chi connectivity index (χ1) is 21.5. The maximum Gasteiger partial charge on any atom is 0.306 e. The lowest BCUT2D eigenvalue weighted by molar-refractivity contribution is -0.152. The summed E-state index contributed by atoms with van der Waals surface area (Å²) in [7, 11) is 0. The Balaban J connectivity index is 0.000000186. The zero-order valence-electron chi connectivity index (χ0n) is 23.1. The smallest absolute Gasteiger partial charge is 0.306 e. The van der Waals surface area contributed by atoms with E-state index < -0.39 is 67.6 Å². The number of imidazole rings is 2. The average Bonchev–Trinajstić information content (AvgIpc) is 3.78. The predicted octanol–water partition coefficient (Wildman–Crippen LogP) is -3.42. The highest BCUT2D eigenvalue weighted by molar-refractivity contribution is 5.81. The summed E-state index contributed by atoms with van der Waals surface area (Å²) in [5.74, 6) is -2.01. The number of nitrogens with two attached hydrogens (primary N) is 1. The van der Waals surface area contributed by atoms with E-state index in [-0.39, 0.29) is 42.3 Å². The van der Waals surface area contributed by atoms with E-state index in [1.807, 2.05) is 0 Å². The molecule has 0 aliphatic carbocycles. The minimum Gasteiger partial charge on any atom is -0.492 e. The van der Waals surface area contributed by atoms with Gasteiger partial charge in [0.1, 0.15) is 61.4 Å². The van der Waals surface area contributed by atoms with Gasteiger partial charge >= 0.3 is 11.9 Å². The third-order valence-electron chi connectivity index (χ3n) is 7.08. The van der Waals surface area contributed by atoms with Crippen molar-refractivity contribution in [2.24, 2.45) is 0 Å². The Hall–Kier alpha value is -4.64. The molecule has 2 aliphatic heterocycles. The van der Waals surface area contributed by atoms with Crippen LogP contribution in [0.5, 0.6) is 5.88 Å². The number of nitrogen functional groups attached to an aromatic ring is 1. The molecule has 21 heteroatoms. The van der Waals surface area contributed by atoms with E-state index in [1.165, 1.54) is 28.1 Å². The van der Waals surface area contributed by atoms with Gasteiger partial charge in [-0.25, -0.2) is 24.9 Å². The molecule has 8 atom stereocenters. The van der Waals surface area contributed by atoms with Crippen LogP contribution in [0.15, 0.2) is 25.3 Å².